The van der Waals surface area contributed by atoms with Crippen LogP contribution in [0.1, 0.15) is 10.4 Å². The van der Waals surface area contributed by atoms with Gasteiger partial charge in [-0.1, -0.05) is 34.1 Å². The van der Waals surface area contributed by atoms with Gasteiger partial charge in [-0.2, -0.15) is 0 Å². The number of hydrogen-bond donors (Lipinski definition) is 1. The molecular weight excluding hydrogens is 296 g/mol. The highest BCUT2D eigenvalue weighted by molar-refractivity contribution is 9.10. The number of ether oxygens (including phenoxy) is 1. The molecule has 0 saturated heterocycles. The summed E-state index contributed by atoms with van der Waals surface area (Å²) >= 11 is 3.39. The summed E-state index contributed by atoms with van der Waals surface area (Å²) in [5.74, 6) is -0.204. The van der Waals surface area contributed by atoms with E-state index in [1.807, 2.05) is 18.2 Å². The van der Waals surface area contributed by atoms with E-state index in [4.69, 9.17) is 4.74 Å². The third kappa shape index (κ3) is 2.38. The minimum atomic E-state index is -0.942. The van der Waals surface area contributed by atoms with Crippen LogP contribution in [0.4, 0.5) is 0 Å². The van der Waals surface area contributed by atoms with E-state index in [-0.39, 0.29) is 5.56 Å². The fourth-order valence-electron chi connectivity index (χ4n) is 1.75. The average Bonchev–Trinajstić information content (AvgIpc) is 2.38. The molecule has 0 heterocycles. The van der Waals surface area contributed by atoms with E-state index in [1.165, 1.54) is 0 Å². The molecule has 0 fully saturated rings. The largest absolute Gasteiger partial charge is 0.497 e. The molecule has 4 heteroatoms. The molecular formula is C14H11BrO3. The summed E-state index contributed by atoms with van der Waals surface area (Å²) in [4.78, 5) is 11.2. The van der Waals surface area contributed by atoms with Gasteiger partial charge in [-0.3, -0.25) is 0 Å². The fourth-order valence-corrected chi connectivity index (χ4v) is 2.35. The van der Waals surface area contributed by atoms with E-state index >= 15 is 0 Å². The van der Waals surface area contributed by atoms with Gasteiger partial charge >= 0.3 is 5.97 Å². The highest BCUT2D eigenvalue weighted by Gasteiger charge is 2.14. The minimum Gasteiger partial charge on any atom is -0.497 e. The van der Waals surface area contributed by atoms with E-state index in [2.05, 4.69) is 15.9 Å². The van der Waals surface area contributed by atoms with Crippen LogP contribution in [0.25, 0.3) is 11.1 Å². The summed E-state index contributed by atoms with van der Waals surface area (Å²) in [6.45, 7) is 0. The topological polar surface area (TPSA) is 46.5 Å². The lowest BCUT2D eigenvalue weighted by Crippen LogP contribution is -2.00. The molecule has 0 aliphatic heterocycles. The lowest BCUT2D eigenvalue weighted by atomic mass is 10.00. The molecule has 18 heavy (non-hydrogen) atoms. The Hall–Kier alpha value is -1.81. The fraction of sp³-hybridized carbons (Fsp3) is 0.0714. The van der Waals surface area contributed by atoms with E-state index in [0.717, 1.165) is 15.8 Å². The number of hydrogen-bond acceptors (Lipinski definition) is 2. The first kappa shape index (κ1) is 12.6. The molecule has 1 N–H and O–H groups in total. The predicted molar refractivity (Wildman–Crippen MR) is 73.1 cm³/mol. The van der Waals surface area contributed by atoms with E-state index < -0.39 is 5.97 Å². The summed E-state index contributed by atoms with van der Waals surface area (Å²) < 4.78 is 5.84. The maximum absolute atomic E-state index is 11.2. The number of methoxy groups -OCH3 is 1. The molecule has 0 radical (unpaired) electrons. The SMILES string of the molecule is COc1ccc(-c2c(Br)cccc2C(=O)O)cc1. The van der Waals surface area contributed by atoms with Crippen molar-refractivity contribution in [1.29, 1.82) is 0 Å². The van der Waals surface area contributed by atoms with Crippen LogP contribution in [-0.4, -0.2) is 18.2 Å². The molecule has 0 aliphatic carbocycles. The molecule has 2 rings (SSSR count). The molecule has 0 aliphatic rings. The van der Waals surface area contributed by atoms with Gasteiger partial charge in [-0.25, -0.2) is 4.79 Å². The zero-order valence-electron chi connectivity index (χ0n) is 9.68. The molecule has 0 bridgehead atoms. The second-order valence-corrected chi connectivity index (χ2v) is 4.55. The van der Waals surface area contributed by atoms with Crippen molar-refractivity contribution < 1.29 is 14.6 Å². The molecule has 0 unspecified atom stereocenters. The second-order valence-electron chi connectivity index (χ2n) is 3.70. The summed E-state index contributed by atoms with van der Waals surface area (Å²) in [7, 11) is 1.59. The Morgan fingerprint density at radius 1 is 1.17 bits per heavy atom. The molecule has 0 amide bonds. The predicted octanol–water partition coefficient (Wildman–Crippen LogP) is 3.82. The molecule has 0 aromatic heterocycles. The highest BCUT2D eigenvalue weighted by Crippen LogP contribution is 2.32. The first-order chi connectivity index (χ1) is 8.63. The standard InChI is InChI=1S/C14H11BrO3/c1-18-10-7-5-9(6-8-10)13-11(14(16)17)3-2-4-12(13)15/h2-8H,1H3,(H,16,17). The van der Waals surface area contributed by atoms with Crippen LogP contribution in [0, 0.1) is 0 Å². The van der Waals surface area contributed by atoms with E-state index in [1.54, 1.807) is 31.4 Å². The van der Waals surface area contributed by atoms with Crippen LogP contribution in [-0.2, 0) is 0 Å². The van der Waals surface area contributed by atoms with Crippen LogP contribution in [0.15, 0.2) is 46.9 Å². The molecule has 0 atom stereocenters. The van der Waals surface area contributed by atoms with Gasteiger partial charge in [0.15, 0.2) is 0 Å². The quantitative estimate of drug-likeness (QED) is 0.937. The van der Waals surface area contributed by atoms with Gasteiger partial charge in [0.05, 0.1) is 12.7 Å². The number of carbonyl (C=O) groups is 1. The van der Waals surface area contributed by atoms with E-state index in [9.17, 15) is 9.90 Å². The molecule has 0 saturated carbocycles. The molecule has 92 valence electrons. The van der Waals surface area contributed by atoms with Crippen molar-refractivity contribution in [3.63, 3.8) is 0 Å². The van der Waals surface area contributed by atoms with Crippen molar-refractivity contribution in [3.8, 4) is 16.9 Å². The van der Waals surface area contributed by atoms with Crippen LogP contribution in [0.5, 0.6) is 5.75 Å². The van der Waals surface area contributed by atoms with Gasteiger partial charge in [-0.05, 0) is 29.8 Å². The second kappa shape index (κ2) is 5.23. The third-order valence-corrected chi connectivity index (χ3v) is 3.28. The molecule has 0 spiro atoms. The van der Waals surface area contributed by atoms with Crippen molar-refractivity contribution in [1.82, 2.24) is 0 Å². The zero-order chi connectivity index (χ0) is 13.1. The molecule has 3 nitrogen and oxygen atoms in total. The number of carboxylic acid groups (broad SMARTS) is 1. The van der Waals surface area contributed by atoms with Crippen LogP contribution < -0.4 is 4.74 Å². The number of halogens is 1. The normalized spacial score (nSPS) is 10.1. The van der Waals surface area contributed by atoms with Crippen molar-refractivity contribution >= 4 is 21.9 Å². The number of rotatable bonds is 3. The average molecular weight is 307 g/mol. The summed E-state index contributed by atoms with van der Waals surface area (Å²) in [5.41, 5.74) is 1.78. The van der Waals surface area contributed by atoms with Gasteiger partial charge in [0.1, 0.15) is 5.75 Å². The maximum Gasteiger partial charge on any atom is 0.336 e. The Bertz CT molecular complexity index is 576. The maximum atomic E-state index is 11.2. The van der Waals surface area contributed by atoms with Gasteiger partial charge < -0.3 is 9.84 Å². The van der Waals surface area contributed by atoms with Crippen molar-refractivity contribution in [3.05, 3.63) is 52.5 Å². The molecule has 2 aromatic rings. The van der Waals surface area contributed by atoms with Gasteiger partial charge in [-0.15, -0.1) is 0 Å². The summed E-state index contributed by atoms with van der Waals surface area (Å²) in [6, 6.07) is 12.4. The van der Waals surface area contributed by atoms with Crippen molar-refractivity contribution in [2.45, 2.75) is 0 Å². The smallest absolute Gasteiger partial charge is 0.336 e. The lowest BCUT2D eigenvalue weighted by Gasteiger charge is -2.09. The van der Waals surface area contributed by atoms with Crippen molar-refractivity contribution in [2.75, 3.05) is 7.11 Å². The number of aromatic carboxylic acids is 1. The Morgan fingerprint density at radius 2 is 1.83 bits per heavy atom. The molecule has 2 aromatic carbocycles. The first-order valence-electron chi connectivity index (χ1n) is 5.29. The monoisotopic (exact) mass is 306 g/mol. The third-order valence-electron chi connectivity index (χ3n) is 2.62. The Labute approximate surface area is 113 Å². The van der Waals surface area contributed by atoms with Crippen LogP contribution in [0.2, 0.25) is 0 Å². The summed E-state index contributed by atoms with van der Waals surface area (Å²) in [6.07, 6.45) is 0. The summed E-state index contributed by atoms with van der Waals surface area (Å²) in [5, 5.41) is 9.21. The Kier molecular flexibility index (Phi) is 3.67. The zero-order valence-corrected chi connectivity index (χ0v) is 11.3. The lowest BCUT2D eigenvalue weighted by molar-refractivity contribution is 0.0697. The first-order valence-corrected chi connectivity index (χ1v) is 6.09. The Balaban J connectivity index is 2.58. The van der Waals surface area contributed by atoms with Gasteiger partial charge in [0, 0.05) is 10.0 Å². The number of carboxylic acids is 1. The minimum absolute atomic E-state index is 0.273. The van der Waals surface area contributed by atoms with Gasteiger partial charge in [0.2, 0.25) is 0 Å². The van der Waals surface area contributed by atoms with Crippen molar-refractivity contribution in [2.24, 2.45) is 0 Å². The Morgan fingerprint density at radius 3 is 2.39 bits per heavy atom. The number of benzene rings is 2. The van der Waals surface area contributed by atoms with E-state index in [0.29, 0.717) is 5.56 Å². The van der Waals surface area contributed by atoms with Gasteiger partial charge in [0.25, 0.3) is 0 Å². The van der Waals surface area contributed by atoms with Crippen LogP contribution in [0.3, 0.4) is 0 Å². The highest BCUT2D eigenvalue weighted by atomic mass is 79.9. The van der Waals surface area contributed by atoms with Crippen LogP contribution >= 0.6 is 15.9 Å².